The summed E-state index contributed by atoms with van der Waals surface area (Å²) in [5, 5.41) is 9.50. The van der Waals surface area contributed by atoms with Gasteiger partial charge in [-0.15, -0.1) is 12.4 Å². The average Bonchev–Trinajstić information content (AvgIpc) is 2.67. The molecule has 1 aliphatic heterocycles. The SMILES string of the molecule is Cl.O=C(O)c1cc(CN2CCCC(C(F)(F)F)C2)ccc1OCc1ccccc1. The number of halogens is 4. The van der Waals surface area contributed by atoms with Gasteiger partial charge in [-0.25, -0.2) is 4.79 Å². The van der Waals surface area contributed by atoms with Crippen LogP contribution in [0.5, 0.6) is 5.75 Å². The molecule has 158 valence electrons. The van der Waals surface area contributed by atoms with E-state index in [1.807, 2.05) is 30.3 Å². The number of ether oxygens (including phenoxy) is 1. The maximum Gasteiger partial charge on any atom is 0.393 e. The van der Waals surface area contributed by atoms with Gasteiger partial charge in [0, 0.05) is 13.1 Å². The van der Waals surface area contributed by atoms with Crippen molar-refractivity contribution >= 4 is 18.4 Å². The standard InChI is InChI=1S/C21H22F3NO3.ClH/c22-21(23,24)17-7-4-10-25(13-17)12-16-8-9-19(18(11-16)20(26)27)28-14-15-5-2-1-3-6-15;/h1-3,5-6,8-9,11,17H,4,7,10,12-14H2,(H,26,27);1H. The van der Waals surface area contributed by atoms with Crippen molar-refractivity contribution in [2.45, 2.75) is 32.2 Å². The lowest BCUT2D eigenvalue weighted by molar-refractivity contribution is -0.187. The van der Waals surface area contributed by atoms with Crippen LogP contribution in [0.4, 0.5) is 13.2 Å². The summed E-state index contributed by atoms with van der Waals surface area (Å²) >= 11 is 0. The Morgan fingerprint density at radius 1 is 1.14 bits per heavy atom. The number of carboxylic acids is 1. The van der Waals surface area contributed by atoms with Crippen LogP contribution in [0.3, 0.4) is 0 Å². The van der Waals surface area contributed by atoms with Crippen molar-refractivity contribution < 1.29 is 27.8 Å². The Kier molecular flexibility index (Phi) is 7.93. The summed E-state index contributed by atoms with van der Waals surface area (Å²) in [6.45, 7) is 1.03. The lowest BCUT2D eigenvalue weighted by Crippen LogP contribution is -2.41. The van der Waals surface area contributed by atoms with Crippen LogP contribution in [-0.4, -0.2) is 35.2 Å². The van der Waals surface area contributed by atoms with Gasteiger partial charge in [-0.2, -0.15) is 13.2 Å². The number of aromatic carboxylic acids is 1. The lowest BCUT2D eigenvalue weighted by atomic mass is 9.97. The molecule has 0 aliphatic carbocycles. The zero-order chi connectivity index (χ0) is 20.1. The quantitative estimate of drug-likeness (QED) is 0.689. The van der Waals surface area contributed by atoms with E-state index < -0.39 is 18.1 Å². The Hall–Kier alpha value is -2.25. The van der Waals surface area contributed by atoms with Crippen molar-refractivity contribution in [3.63, 3.8) is 0 Å². The van der Waals surface area contributed by atoms with Gasteiger partial charge in [-0.05, 0) is 42.6 Å². The average molecular weight is 430 g/mol. The van der Waals surface area contributed by atoms with Crippen molar-refractivity contribution in [3.8, 4) is 5.75 Å². The van der Waals surface area contributed by atoms with Crippen LogP contribution in [0.15, 0.2) is 48.5 Å². The predicted molar refractivity (Wildman–Crippen MR) is 105 cm³/mol. The van der Waals surface area contributed by atoms with Gasteiger partial charge in [-0.1, -0.05) is 36.4 Å². The zero-order valence-electron chi connectivity index (χ0n) is 15.7. The highest BCUT2D eigenvalue weighted by atomic mass is 35.5. The summed E-state index contributed by atoms with van der Waals surface area (Å²) in [6, 6.07) is 14.1. The summed E-state index contributed by atoms with van der Waals surface area (Å²) in [5.41, 5.74) is 1.58. The molecule has 29 heavy (non-hydrogen) atoms. The molecular weight excluding hydrogens is 407 g/mol. The number of carboxylic acid groups (broad SMARTS) is 1. The fourth-order valence-corrected chi connectivity index (χ4v) is 3.43. The number of carbonyl (C=O) groups is 1. The molecule has 0 saturated carbocycles. The molecule has 1 fully saturated rings. The van der Waals surface area contributed by atoms with Crippen LogP contribution >= 0.6 is 12.4 Å². The third-order valence-electron chi connectivity index (χ3n) is 4.89. The van der Waals surface area contributed by atoms with Gasteiger partial charge in [-0.3, -0.25) is 4.90 Å². The largest absolute Gasteiger partial charge is 0.488 e. The van der Waals surface area contributed by atoms with Gasteiger partial charge in [0.1, 0.15) is 17.9 Å². The monoisotopic (exact) mass is 429 g/mol. The topological polar surface area (TPSA) is 49.8 Å². The highest BCUT2D eigenvalue weighted by Gasteiger charge is 2.41. The van der Waals surface area contributed by atoms with E-state index in [0.717, 1.165) is 5.56 Å². The third kappa shape index (κ3) is 6.37. The second kappa shape index (κ2) is 9.98. The molecule has 0 bridgehead atoms. The summed E-state index contributed by atoms with van der Waals surface area (Å²) in [4.78, 5) is 13.3. The molecule has 2 aromatic carbocycles. The van der Waals surface area contributed by atoms with E-state index in [1.54, 1.807) is 17.0 Å². The van der Waals surface area contributed by atoms with Gasteiger partial charge in [0.05, 0.1) is 5.92 Å². The third-order valence-corrected chi connectivity index (χ3v) is 4.89. The van der Waals surface area contributed by atoms with Gasteiger partial charge in [0.15, 0.2) is 0 Å². The van der Waals surface area contributed by atoms with E-state index in [9.17, 15) is 23.1 Å². The lowest BCUT2D eigenvalue weighted by Gasteiger charge is -2.33. The van der Waals surface area contributed by atoms with Gasteiger partial charge in [0.2, 0.25) is 0 Å². The molecule has 0 spiro atoms. The normalized spacial score (nSPS) is 17.4. The van der Waals surface area contributed by atoms with Crippen LogP contribution in [0.25, 0.3) is 0 Å². The molecule has 3 rings (SSSR count). The number of hydrogen-bond acceptors (Lipinski definition) is 3. The first-order valence-corrected chi connectivity index (χ1v) is 9.15. The van der Waals surface area contributed by atoms with Crippen molar-refractivity contribution in [1.82, 2.24) is 4.90 Å². The molecule has 8 heteroatoms. The molecule has 1 unspecified atom stereocenters. The molecule has 1 N–H and O–H groups in total. The smallest absolute Gasteiger partial charge is 0.393 e. The van der Waals surface area contributed by atoms with Crippen molar-refractivity contribution in [2.24, 2.45) is 5.92 Å². The minimum atomic E-state index is -4.19. The molecule has 0 amide bonds. The molecule has 2 aromatic rings. The molecule has 1 atom stereocenters. The van der Waals surface area contributed by atoms with Crippen molar-refractivity contribution in [1.29, 1.82) is 0 Å². The van der Waals surface area contributed by atoms with E-state index in [4.69, 9.17) is 4.74 Å². The summed E-state index contributed by atoms with van der Waals surface area (Å²) in [7, 11) is 0. The van der Waals surface area contributed by atoms with Crippen LogP contribution in [-0.2, 0) is 13.2 Å². The second-order valence-electron chi connectivity index (χ2n) is 7.03. The van der Waals surface area contributed by atoms with Crippen LogP contribution in [0.2, 0.25) is 0 Å². The number of benzene rings is 2. The molecule has 0 aromatic heterocycles. The number of piperidine rings is 1. The zero-order valence-corrected chi connectivity index (χ0v) is 16.5. The minimum absolute atomic E-state index is 0. The highest BCUT2D eigenvalue weighted by Crippen LogP contribution is 2.33. The Morgan fingerprint density at radius 3 is 2.52 bits per heavy atom. The molecular formula is C21H23ClF3NO3. The van der Waals surface area contributed by atoms with Crippen LogP contribution < -0.4 is 4.74 Å². The Balaban J connectivity index is 0.00000300. The fraction of sp³-hybridized carbons (Fsp3) is 0.381. The maximum absolute atomic E-state index is 13.0. The number of hydrogen-bond donors (Lipinski definition) is 1. The first-order chi connectivity index (χ1) is 13.3. The van der Waals surface area contributed by atoms with Gasteiger partial charge in [0.25, 0.3) is 0 Å². The van der Waals surface area contributed by atoms with E-state index in [0.29, 0.717) is 18.5 Å². The number of nitrogens with zero attached hydrogens (tertiary/aromatic N) is 1. The predicted octanol–water partition coefficient (Wildman–Crippen LogP) is 5.16. The summed E-state index contributed by atoms with van der Waals surface area (Å²) in [5.74, 6) is -2.21. The second-order valence-corrected chi connectivity index (χ2v) is 7.03. The summed E-state index contributed by atoms with van der Waals surface area (Å²) in [6.07, 6.45) is -3.57. The van der Waals surface area contributed by atoms with E-state index in [-0.39, 0.29) is 49.8 Å². The minimum Gasteiger partial charge on any atom is -0.488 e. The van der Waals surface area contributed by atoms with E-state index >= 15 is 0 Å². The van der Waals surface area contributed by atoms with Gasteiger partial charge >= 0.3 is 12.1 Å². The Morgan fingerprint density at radius 2 is 1.86 bits per heavy atom. The highest BCUT2D eigenvalue weighted by molar-refractivity contribution is 5.91. The molecule has 1 aliphatic rings. The first kappa shape index (κ1) is 23.0. The number of likely N-dealkylation sites (tertiary alicyclic amines) is 1. The Bertz CT molecular complexity index is 815. The van der Waals surface area contributed by atoms with Crippen molar-refractivity contribution in [2.75, 3.05) is 13.1 Å². The van der Waals surface area contributed by atoms with Gasteiger partial charge < -0.3 is 9.84 Å². The maximum atomic E-state index is 13.0. The molecule has 4 nitrogen and oxygen atoms in total. The fourth-order valence-electron chi connectivity index (χ4n) is 3.43. The number of alkyl halides is 3. The summed E-state index contributed by atoms with van der Waals surface area (Å²) < 4.78 is 44.6. The van der Waals surface area contributed by atoms with E-state index in [1.165, 1.54) is 6.07 Å². The number of rotatable bonds is 6. The van der Waals surface area contributed by atoms with Crippen LogP contribution in [0.1, 0.15) is 34.3 Å². The molecule has 1 heterocycles. The van der Waals surface area contributed by atoms with Crippen LogP contribution in [0, 0.1) is 5.92 Å². The first-order valence-electron chi connectivity index (χ1n) is 9.15. The molecule has 0 radical (unpaired) electrons. The van der Waals surface area contributed by atoms with E-state index in [2.05, 4.69) is 0 Å². The Labute approximate surface area is 173 Å². The molecule has 1 saturated heterocycles. The van der Waals surface area contributed by atoms with Crippen molar-refractivity contribution in [3.05, 3.63) is 65.2 Å².